The lowest BCUT2D eigenvalue weighted by atomic mass is 10.2. The lowest BCUT2D eigenvalue weighted by Gasteiger charge is -2.36. The van der Waals surface area contributed by atoms with Gasteiger partial charge in [-0.15, -0.1) is 0 Å². The molecule has 0 saturated carbocycles. The molecule has 1 aliphatic rings. The molecule has 1 aromatic heterocycles. The first kappa shape index (κ1) is 25.1. The highest BCUT2D eigenvalue weighted by Gasteiger charge is 2.26. The molecule has 1 amide bonds. The maximum atomic E-state index is 13.8. The van der Waals surface area contributed by atoms with Crippen LogP contribution in [0.2, 0.25) is 0 Å². The Kier molecular flexibility index (Phi) is 7.40. The summed E-state index contributed by atoms with van der Waals surface area (Å²) in [6, 6.07) is 24.5. The Morgan fingerprint density at radius 1 is 0.974 bits per heavy atom. The predicted octanol–water partition coefficient (Wildman–Crippen LogP) is 5.67. The minimum absolute atomic E-state index is 0.0111. The van der Waals surface area contributed by atoms with Crippen molar-refractivity contribution in [2.45, 2.75) is 20.1 Å². The number of carbonyl (C=O) groups excluding carboxylic acids is 1. The highest BCUT2D eigenvalue weighted by Crippen LogP contribution is 2.31. The molecular weight excluding hydrogens is 480 g/mol. The molecule has 0 unspecified atom stereocenters. The molecule has 0 aliphatic carbocycles. The number of ether oxygens (including phenoxy) is 1. The normalized spacial score (nSPS) is 13.8. The number of hydrogen-bond acceptors (Lipinski definition) is 5. The standard InChI is InChI=1S/C30H30N4O4/c1-2-3-16-33-27-10-7-11-29(38-22-23-8-5-4-6-9-23)26(27)21-28(33)30(35)32-19-17-31(18-20-32)24-12-14-25(15-13-24)34(36)37/h2-15,21H,16-20,22H2,1H3/b3-2-. The Morgan fingerprint density at radius 3 is 2.39 bits per heavy atom. The van der Waals surface area contributed by atoms with Gasteiger partial charge >= 0.3 is 0 Å². The van der Waals surface area contributed by atoms with E-state index in [1.165, 1.54) is 12.1 Å². The number of hydrogen-bond donors (Lipinski definition) is 0. The summed E-state index contributed by atoms with van der Waals surface area (Å²) in [4.78, 5) is 28.3. The van der Waals surface area contributed by atoms with E-state index in [0.29, 0.717) is 45.0 Å². The predicted molar refractivity (Wildman–Crippen MR) is 149 cm³/mol. The second kappa shape index (κ2) is 11.2. The van der Waals surface area contributed by atoms with E-state index in [2.05, 4.69) is 9.47 Å². The molecular formula is C30H30N4O4. The molecule has 1 fully saturated rings. The summed E-state index contributed by atoms with van der Waals surface area (Å²) in [6.45, 7) is 5.46. The summed E-state index contributed by atoms with van der Waals surface area (Å²) in [5.74, 6) is 0.741. The molecule has 38 heavy (non-hydrogen) atoms. The van der Waals surface area contributed by atoms with Crippen LogP contribution in [0.25, 0.3) is 10.9 Å². The zero-order valence-electron chi connectivity index (χ0n) is 21.3. The molecule has 0 bridgehead atoms. The molecule has 0 atom stereocenters. The fraction of sp³-hybridized carbons (Fsp3) is 0.233. The quantitative estimate of drug-likeness (QED) is 0.173. The molecule has 8 nitrogen and oxygen atoms in total. The van der Waals surface area contributed by atoms with Gasteiger partial charge in [-0.25, -0.2) is 0 Å². The van der Waals surface area contributed by atoms with Crippen molar-refractivity contribution < 1.29 is 14.5 Å². The van der Waals surface area contributed by atoms with E-state index >= 15 is 0 Å². The second-order valence-corrected chi connectivity index (χ2v) is 9.23. The molecule has 4 aromatic rings. The van der Waals surface area contributed by atoms with E-state index in [1.807, 2.05) is 78.6 Å². The average Bonchev–Trinajstić information content (AvgIpc) is 3.34. The number of nitro benzene ring substituents is 1. The Balaban J connectivity index is 1.36. The van der Waals surface area contributed by atoms with E-state index in [9.17, 15) is 14.9 Å². The van der Waals surface area contributed by atoms with E-state index in [-0.39, 0.29) is 11.6 Å². The third kappa shape index (κ3) is 5.25. The van der Waals surface area contributed by atoms with Gasteiger partial charge in [-0.05, 0) is 42.8 Å². The first-order valence-electron chi connectivity index (χ1n) is 12.7. The average molecular weight is 511 g/mol. The van der Waals surface area contributed by atoms with Crippen molar-refractivity contribution in [2.24, 2.45) is 0 Å². The zero-order valence-corrected chi connectivity index (χ0v) is 21.3. The number of piperazine rings is 1. The van der Waals surface area contributed by atoms with Gasteiger partial charge in [0.2, 0.25) is 0 Å². The second-order valence-electron chi connectivity index (χ2n) is 9.23. The lowest BCUT2D eigenvalue weighted by Crippen LogP contribution is -2.49. The molecule has 0 N–H and O–H groups in total. The summed E-state index contributed by atoms with van der Waals surface area (Å²) in [7, 11) is 0. The molecule has 8 heteroatoms. The van der Waals surface area contributed by atoms with Crippen LogP contribution < -0.4 is 9.64 Å². The molecule has 194 valence electrons. The number of benzene rings is 3. The van der Waals surface area contributed by atoms with Crippen molar-refractivity contribution in [3.05, 3.63) is 112 Å². The van der Waals surface area contributed by atoms with Gasteiger partial charge in [0.05, 0.1) is 10.4 Å². The molecule has 2 heterocycles. The first-order chi connectivity index (χ1) is 18.5. The third-order valence-corrected chi connectivity index (χ3v) is 6.88. The fourth-order valence-corrected chi connectivity index (χ4v) is 4.82. The van der Waals surface area contributed by atoms with Crippen molar-refractivity contribution in [2.75, 3.05) is 31.1 Å². The number of allylic oxidation sites excluding steroid dienone is 2. The van der Waals surface area contributed by atoms with Crippen LogP contribution in [0.3, 0.4) is 0 Å². The number of amides is 1. The van der Waals surface area contributed by atoms with Crippen LogP contribution in [-0.2, 0) is 13.2 Å². The minimum atomic E-state index is -0.397. The van der Waals surface area contributed by atoms with Gasteiger partial charge < -0.3 is 19.1 Å². The third-order valence-electron chi connectivity index (χ3n) is 6.88. The number of nitrogens with zero attached hydrogens (tertiary/aromatic N) is 4. The Bertz CT molecular complexity index is 1450. The summed E-state index contributed by atoms with van der Waals surface area (Å²) in [6.07, 6.45) is 4.03. The van der Waals surface area contributed by atoms with Crippen LogP contribution in [0.15, 0.2) is 91.0 Å². The van der Waals surface area contributed by atoms with Gasteiger partial charge in [0.25, 0.3) is 11.6 Å². The van der Waals surface area contributed by atoms with E-state index in [1.54, 1.807) is 12.1 Å². The zero-order chi connectivity index (χ0) is 26.5. The molecule has 0 spiro atoms. The van der Waals surface area contributed by atoms with E-state index < -0.39 is 4.92 Å². The van der Waals surface area contributed by atoms with Gasteiger partial charge in [0.15, 0.2) is 0 Å². The maximum absolute atomic E-state index is 13.8. The Morgan fingerprint density at radius 2 is 1.71 bits per heavy atom. The number of anilines is 1. The van der Waals surface area contributed by atoms with Crippen LogP contribution in [0.1, 0.15) is 23.0 Å². The molecule has 1 aliphatic heterocycles. The number of nitro groups is 1. The molecule has 0 radical (unpaired) electrons. The van der Waals surface area contributed by atoms with Crippen molar-refractivity contribution in [3.63, 3.8) is 0 Å². The fourth-order valence-electron chi connectivity index (χ4n) is 4.82. The number of non-ortho nitro benzene ring substituents is 1. The van der Waals surface area contributed by atoms with Gasteiger partial charge in [0.1, 0.15) is 18.1 Å². The lowest BCUT2D eigenvalue weighted by molar-refractivity contribution is -0.384. The summed E-state index contributed by atoms with van der Waals surface area (Å²) in [5, 5.41) is 11.9. The van der Waals surface area contributed by atoms with Crippen LogP contribution >= 0.6 is 0 Å². The number of aromatic nitrogens is 1. The Hall–Kier alpha value is -4.59. The van der Waals surface area contributed by atoms with Crippen molar-refractivity contribution in [1.82, 2.24) is 9.47 Å². The number of carbonyl (C=O) groups is 1. The van der Waals surface area contributed by atoms with Crippen molar-refractivity contribution >= 4 is 28.2 Å². The largest absolute Gasteiger partial charge is 0.488 e. The van der Waals surface area contributed by atoms with Gasteiger partial charge in [-0.3, -0.25) is 14.9 Å². The number of fused-ring (bicyclic) bond motifs is 1. The monoisotopic (exact) mass is 510 g/mol. The summed E-state index contributed by atoms with van der Waals surface area (Å²) >= 11 is 0. The van der Waals surface area contributed by atoms with E-state index in [4.69, 9.17) is 4.74 Å². The van der Waals surface area contributed by atoms with Crippen LogP contribution in [-0.4, -0.2) is 46.5 Å². The maximum Gasteiger partial charge on any atom is 0.270 e. The molecule has 1 saturated heterocycles. The van der Waals surface area contributed by atoms with Gasteiger partial charge in [-0.2, -0.15) is 0 Å². The molecule has 3 aromatic carbocycles. The van der Waals surface area contributed by atoms with Crippen LogP contribution in [0, 0.1) is 10.1 Å². The number of rotatable bonds is 8. The van der Waals surface area contributed by atoms with Crippen LogP contribution in [0.4, 0.5) is 11.4 Å². The van der Waals surface area contributed by atoms with Gasteiger partial charge in [0, 0.05) is 55.9 Å². The summed E-state index contributed by atoms with van der Waals surface area (Å²) in [5.41, 5.74) is 3.67. The van der Waals surface area contributed by atoms with Crippen molar-refractivity contribution in [3.8, 4) is 5.75 Å². The smallest absolute Gasteiger partial charge is 0.270 e. The highest BCUT2D eigenvalue weighted by atomic mass is 16.6. The summed E-state index contributed by atoms with van der Waals surface area (Å²) < 4.78 is 8.24. The van der Waals surface area contributed by atoms with E-state index in [0.717, 1.165) is 27.9 Å². The van der Waals surface area contributed by atoms with Gasteiger partial charge in [-0.1, -0.05) is 48.6 Å². The SMILES string of the molecule is C/C=C\Cn1c(C(=O)N2CCN(c3ccc([N+](=O)[O-])cc3)CC2)cc2c(OCc3ccccc3)cccc21. The molecule has 5 rings (SSSR count). The topological polar surface area (TPSA) is 80.9 Å². The first-order valence-corrected chi connectivity index (χ1v) is 12.7. The highest BCUT2D eigenvalue weighted by molar-refractivity contribution is 6.00. The van der Waals surface area contributed by atoms with Crippen molar-refractivity contribution in [1.29, 1.82) is 0 Å². The Labute approximate surface area is 221 Å². The minimum Gasteiger partial charge on any atom is -0.488 e. The van der Waals surface area contributed by atoms with Crippen LogP contribution in [0.5, 0.6) is 5.75 Å².